The van der Waals surface area contributed by atoms with Crippen molar-refractivity contribution in [2.24, 2.45) is 0 Å². The van der Waals surface area contributed by atoms with Crippen molar-refractivity contribution in [1.82, 2.24) is 9.97 Å². The third-order valence-electron chi connectivity index (χ3n) is 2.32. The fraction of sp³-hybridized carbons (Fsp3) is 0.636. The Morgan fingerprint density at radius 3 is 2.72 bits per heavy atom. The third kappa shape index (κ3) is 4.40. The number of aromatic nitrogens is 2. The Hall–Kier alpha value is -1.50. The van der Waals surface area contributed by atoms with Gasteiger partial charge in [-0.05, 0) is 6.42 Å². The van der Waals surface area contributed by atoms with Crippen LogP contribution >= 0.6 is 0 Å². The van der Waals surface area contributed by atoms with Crippen LogP contribution in [0.4, 0.5) is 14.6 Å². The second-order valence-corrected chi connectivity index (χ2v) is 3.84. The smallest absolute Gasteiger partial charge is 0.261 e. The van der Waals surface area contributed by atoms with Gasteiger partial charge in [0.2, 0.25) is 0 Å². The van der Waals surface area contributed by atoms with Gasteiger partial charge in [-0.2, -0.15) is 0 Å². The monoisotopic (exact) mass is 261 g/mol. The number of ether oxygens (including phenoxy) is 1. The second-order valence-electron chi connectivity index (χ2n) is 3.84. The highest BCUT2D eigenvalue weighted by molar-refractivity contribution is 5.37. The van der Waals surface area contributed by atoms with Crippen LogP contribution in [0, 0.1) is 0 Å². The van der Waals surface area contributed by atoms with Crippen LogP contribution in [0.15, 0.2) is 4.79 Å². The maximum atomic E-state index is 11.8. The van der Waals surface area contributed by atoms with E-state index in [1.54, 1.807) is 0 Å². The molecule has 0 saturated heterocycles. The lowest BCUT2D eigenvalue weighted by Crippen LogP contribution is -2.20. The Bertz CT molecular complexity index is 435. The van der Waals surface area contributed by atoms with Crippen molar-refractivity contribution in [2.45, 2.75) is 32.6 Å². The summed E-state index contributed by atoms with van der Waals surface area (Å²) in [4.78, 5) is 18.3. The third-order valence-corrected chi connectivity index (χ3v) is 2.32. The van der Waals surface area contributed by atoms with E-state index >= 15 is 0 Å². The summed E-state index contributed by atoms with van der Waals surface area (Å²) >= 11 is 0. The zero-order chi connectivity index (χ0) is 13.5. The van der Waals surface area contributed by atoms with Gasteiger partial charge in [0.25, 0.3) is 12.0 Å². The summed E-state index contributed by atoms with van der Waals surface area (Å²) in [5.74, 6) is 0.552. The Labute approximate surface area is 103 Å². The summed E-state index contributed by atoms with van der Waals surface area (Å²) in [5, 5.41) is 0. The molecule has 0 unspecified atom stereocenters. The molecular formula is C11H17F2N3O2. The minimum atomic E-state index is -2.49. The molecule has 0 fully saturated rings. The number of nitrogens with zero attached hydrogens (tertiary/aromatic N) is 1. The fourth-order valence-electron chi connectivity index (χ4n) is 1.51. The minimum absolute atomic E-state index is 0.0693. The number of nitrogen functional groups attached to an aromatic ring is 1. The molecular weight excluding hydrogens is 244 g/mol. The highest BCUT2D eigenvalue weighted by Gasteiger charge is 2.08. The Kier molecular flexibility index (Phi) is 5.70. The Balaban J connectivity index is 2.60. The van der Waals surface area contributed by atoms with Gasteiger partial charge in [-0.3, -0.25) is 4.79 Å². The predicted octanol–water partition coefficient (Wildman–Crippen LogP) is 1.13. The van der Waals surface area contributed by atoms with E-state index in [1.807, 2.05) is 6.92 Å². The summed E-state index contributed by atoms with van der Waals surface area (Å²) in [6, 6.07) is 0. The summed E-state index contributed by atoms with van der Waals surface area (Å²) < 4.78 is 28.3. The van der Waals surface area contributed by atoms with E-state index in [2.05, 4.69) is 9.97 Å². The molecule has 1 heterocycles. The second kappa shape index (κ2) is 7.05. The van der Waals surface area contributed by atoms with Gasteiger partial charge in [-0.25, -0.2) is 13.8 Å². The first kappa shape index (κ1) is 14.6. The number of halogens is 2. The number of hydrogen-bond donors (Lipinski definition) is 2. The number of rotatable bonds is 7. The molecule has 0 aliphatic heterocycles. The van der Waals surface area contributed by atoms with Crippen molar-refractivity contribution in [3.63, 3.8) is 0 Å². The average Bonchev–Trinajstić information content (AvgIpc) is 2.29. The minimum Gasteiger partial charge on any atom is -0.383 e. The molecule has 0 aliphatic rings. The lowest BCUT2D eigenvalue weighted by Gasteiger charge is -2.06. The molecule has 1 rings (SSSR count). The first-order chi connectivity index (χ1) is 8.54. The zero-order valence-corrected chi connectivity index (χ0v) is 10.2. The summed E-state index contributed by atoms with van der Waals surface area (Å²) in [7, 11) is 0. The van der Waals surface area contributed by atoms with E-state index in [9.17, 15) is 13.6 Å². The fourth-order valence-corrected chi connectivity index (χ4v) is 1.51. The topological polar surface area (TPSA) is 81.0 Å². The molecule has 1 aromatic heterocycles. The van der Waals surface area contributed by atoms with E-state index in [1.165, 1.54) is 0 Å². The van der Waals surface area contributed by atoms with Gasteiger partial charge >= 0.3 is 0 Å². The molecule has 3 N–H and O–H groups in total. The number of anilines is 1. The van der Waals surface area contributed by atoms with E-state index < -0.39 is 13.0 Å². The molecule has 0 aromatic carbocycles. The number of hydrogen-bond acceptors (Lipinski definition) is 4. The van der Waals surface area contributed by atoms with E-state index in [4.69, 9.17) is 10.5 Å². The SMILES string of the molecule is CCCc1c(N)nc(CCOCC(F)F)[nH]c1=O. The number of nitrogens with one attached hydrogen (secondary N) is 1. The number of alkyl halides is 2. The van der Waals surface area contributed by atoms with Crippen molar-refractivity contribution in [3.8, 4) is 0 Å². The lowest BCUT2D eigenvalue weighted by atomic mass is 10.2. The molecule has 5 nitrogen and oxygen atoms in total. The average molecular weight is 261 g/mol. The van der Waals surface area contributed by atoms with Gasteiger partial charge < -0.3 is 15.5 Å². The Morgan fingerprint density at radius 2 is 2.17 bits per heavy atom. The van der Waals surface area contributed by atoms with Crippen LogP contribution in [-0.4, -0.2) is 29.6 Å². The highest BCUT2D eigenvalue weighted by atomic mass is 19.3. The molecule has 0 radical (unpaired) electrons. The van der Waals surface area contributed by atoms with Gasteiger partial charge in [-0.15, -0.1) is 0 Å². The number of aromatic amines is 1. The predicted molar refractivity (Wildman–Crippen MR) is 63.8 cm³/mol. The van der Waals surface area contributed by atoms with Crippen molar-refractivity contribution in [1.29, 1.82) is 0 Å². The molecule has 0 spiro atoms. The van der Waals surface area contributed by atoms with Crippen molar-refractivity contribution < 1.29 is 13.5 Å². The summed E-state index contributed by atoms with van der Waals surface area (Å²) in [6.45, 7) is 1.39. The maximum absolute atomic E-state index is 11.8. The summed E-state index contributed by atoms with van der Waals surface area (Å²) in [5.41, 5.74) is 5.87. The van der Waals surface area contributed by atoms with Crippen LogP contribution in [-0.2, 0) is 17.6 Å². The van der Waals surface area contributed by atoms with Crippen molar-refractivity contribution in [3.05, 3.63) is 21.7 Å². The van der Waals surface area contributed by atoms with Crippen LogP contribution in [0.25, 0.3) is 0 Å². The lowest BCUT2D eigenvalue weighted by molar-refractivity contribution is 0.0183. The molecule has 0 bridgehead atoms. The quantitative estimate of drug-likeness (QED) is 0.721. The molecule has 0 amide bonds. The van der Waals surface area contributed by atoms with E-state index in [-0.39, 0.29) is 24.4 Å². The van der Waals surface area contributed by atoms with E-state index in [0.29, 0.717) is 17.8 Å². The molecule has 18 heavy (non-hydrogen) atoms. The van der Waals surface area contributed by atoms with Crippen LogP contribution in [0.3, 0.4) is 0 Å². The molecule has 1 aromatic rings. The highest BCUT2D eigenvalue weighted by Crippen LogP contribution is 2.06. The van der Waals surface area contributed by atoms with Gasteiger partial charge in [-0.1, -0.05) is 13.3 Å². The zero-order valence-electron chi connectivity index (χ0n) is 10.2. The summed E-state index contributed by atoms with van der Waals surface area (Å²) in [6.07, 6.45) is -0.880. The van der Waals surface area contributed by atoms with Crippen LogP contribution in [0.1, 0.15) is 24.7 Å². The largest absolute Gasteiger partial charge is 0.383 e. The molecule has 102 valence electrons. The molecule has 0 atom stereocenters. The van der Waals surface area contributed by atoms with Crippen molar-refractivity contribution >= 4 is 5.82 Å². The van der Waals surface area contributed by atoms with Gasteiger partial charge in [0.05, 0.1) is 12.2 Å². The Morgan fingerprint density at radius 1 is 1.44 bits per heavy atom. The number of H-pyrrole nitrogens is 1. The van der Waals surface area contributed by atoms with Crippen LogP contribution < -0.4 is 11.3 Å². The normalized spacial score (nSPS) is 11.1. The maximum Gasteiger partial charge on any atom is 0.261 e. The first-order valence-electron chi connectivity index (χ1n) is 5.78. The molecule has 0 aliphatic carbocycles. The molecule has 0 saturated carbocycles. The van der Waals surface area contributed by atoms with Crippen LogP contribution in [0.2, 0.25) is 0 Å². The standard InChI is InChI=1S/C11H17F2N3O2/c1-2-3-7-10(14)15-9(16-11(7)17)4-5-18-6-8(12)13/h8H,2-6H2,1H3,(H3,14,15,16,17). The molecule has 7 heteroatoms. The van der Waals surface area contributed by atoms with Gasteiger partial charge in [0.15, 0.2) is 0 Å². The van der Waals surface area contributed by atoms with Gasteiger partial charge in [0.1, 0.15) is 18.2 Å². The number of nitrogens with two attached hydrogens (primary N) is 1. The first-order valence-corrected chi connectivity index (χ1v) is 5.78. The van der Waals surface area contributed by atoms with Crippen molar-refractivity contribution in [2.75, 3.05) is 18.9 Å². The van der Waals surface area contributed by atoms with E-state index in [0.717, 1.165) is 6.42 Å². The van der Waals surface area contributed by atoms with Gasteiger partial charge in [0, 0.05) is 6.42 Å². The van der Waals surface area contributed by atoms with Crippen LogP contribution in [0.5, 0.6) is 0 Å².